The van der Waals surface area contributed by atoms with Crippen molar-refractivity contribution in [2.45, 2.75) is 18.9 Å². The highest BCUT2D eigenvalue weighted by Gasteiger charge is 2.36. The Morgan fingerprint density at radius 3 is 2.24 bits per heavy atom. The van der Waals surface area contributed by atoms with Crippen molar-refractivity contribution in [1.82, 2.24) is 9.47 Å². The first-order valence-electron chi connectivity index (χ1n) is 15.3. The van der Waals surface area contributed by atoms with E-state index in [9.17, 15) is 23.2 Å². The number of fused-ring (bicyclic) bond motifs is 4. The minimum Gasteiger partial charge on any atom is -0.369 e. The third kappa shape index (κ3) is 5.56. The van der Waals surface area contributed by atoms with Crippen LogP contribution >= 0.6 is 0 Å². The molecular formula is C35H33F2N5O3. The fourth-order valence-electron chi connectivity index (χ4n) is 7.03. The second-order valence-corrected chi connectivity index (χ2v) is 12.0. The van der Waals surface area contributed by atoms with Gasteiger partial charge in [0, 0.05) is 74.7 Å². The van der Waals surface area contributed by atoms with Crippen molar-refractivity contribution in [3.63, 3.8) is 0 Å². The van der Waals surface area contributed by atoms with Crippen molar-refractivity contribution in [3.8, 4) is 0 Å². The zero-order valence-corrected chi connectivity index (χ0v) is 24.7. The molecule has 1 aromatic heterocycles. The Balaban J connectivity index is 1.18. The van der Waals surface area contributed by atoms with E-state index in [2.05, 4.69) is 27.2 Å². The van der Waals surface area contributed by atoms with E-state index in [0.717, 1.165) is 29.9 Å². The van der Waals surface area contributed by atoms with E-state index in [-0.39, 0.29) is 23.3 Å². The number of nitrogens with zero attached hydrogens (tertiary/aromatic N) is 4. The van der Waals surface area contributed by atoms with Gasteiger partial charge in [-0.25, -0.2) is 8.78 Å². The third-order valence-electron chi connectivity index (χ3n) is 9.19. The molecule has 0 unspecified atom stereocenters. The molecule has 8 nitrogen and oxygen atoms in total. The van der Waals surface area contributed by atoms with E-state index in [1.165, 1.54) is 6.07 Å². The molecule has 2 fully saturated rings. The minimum atomic E-state index is -0.966. The van der Waals surface area contributed by atoms with Crippen LogP contribution in [0.5, 0.6) is 0 Å². The molecule has 3 aliphatic heterocycles. The van der Waals surface area contributed by atoms with Crippen LogP contribution in [0, 0.1) is 17.6 Å². The number of piperidine rings is 1. The summed E-state index contributed by atoms with van der Waals surface area (Å²) < 4.78 is 31.0. The smallest absolute Gasteiger partial charge is 0.261 e. The zero-order valence-electron chi connectivity index (χ0n) is 24.7. The van der Waals surface area contributed by atoms with Gasteiger partial charge in [0.2, 0.25) is 0 Å². The molecule has 3 aliphatic rings. The Labute approximate surface area is 259 Å². The molecule has 7 rings (SSSR count). The highest BCUT2D eigenvalue weighted by atomic mass is 19.1. The molecule has 2 bridgehead atoms. The molecule has 2 saturated heterocycles. The van der Waals surface area contributed by atoms with Gasteiger partial charge in [-0.2, -0.15) is 0 Å². The van der Waals surface area contributed by atoms with Crippen molar-refractivity contribution in [1.29, 1.82) is 0 Å². The third-order valence-corrected chi connectivity index (χ3v) is 9.19. The van der Waals surface area contributed by atoms with E-state index < -0.39 is 23.1 Å². The highest BCUT2D eigenvalue weighted by molar-refractivity contribution is 6.07. The number of piperazine rings is 1. The number of rotatable bonds is 5. The standard InChI is InChI=1S/C35H33F2N5O3/c36-27-8-4-9-28(37)33(27)34(44)38-29-19-24(35(45)40-16-14-39(15-17-40)26-6-2-1-3-7-26)12-13-31(29)41-20-23-18-25(22-41)30-10-5-11-32(43)42(30)21-23/h1-13,19,23,25H,14-18,20-22H2,(H,38,44)/t23-,25+/m1/s1. The average molecular weight is 610 g/mol. The maximum absolute atomic E-state index is 14.6. The van der Waals surface area contributed by atoms with Crippen LogP contribution in [-0.4, -0.2) is 60.5 Å². The summed E-state index contributed by atoms with van der Waals surface area (Å²) in [4.78, 5) is 45.7. The van der Waals surface area contributed by atoms with Crippen molar-refractivity contribution in [2.75, 3.05) is 54.4 Å². The summed E-state index contributed by atoms with van der Waals surface area (Å²) in [5, 5.41) is 2.73. The van der Waals surface area contributed by atoms with Gasteiger partial charge in [0.15, 0.2) is 0 Å². The van der Waals surface area contributed by atoms with Crippen molar-refractivity contribution in [3.05, 3.63) is 124 Å². The lowest BCUT2D eigenvalue weighted by atomic mass is 9.83. The zero-order chi connectivity index (χ0) is 31.1. The summed E-state index contributed by atoms with van der Waals surface area (Å²) >= 11 is 0. The molecular weight excluding hydrogens is 576 g/mol. The first-order chi connectivity index (χ1) is 21.9. The number of benzene rings is 3. The van der Waals surface area contributed by atoms with Gasteiger partial charge in [0.05, 0.1) is 11.4 Å². The molecule has 1 N–H and O–H groups in total. The second kappa shape index (κ2) is 11.8. The summed E-state index contributed by atoms with van der Waals surface area (Å²) in [6.07, 6.45) is 0.938. The lowest BCUT2D eigenvalue weighted by Gasteiger charge is -2.44. The number of nitrogens with one attached hydrogen (secondary N) is 1. The molecule has 4 aromatic rings. The van der Waals surface area contributed by atoms with Gasteiger partial charge in [-0.05, 0) is 60.9 Å². The van der Waals surface area contributed by atoms with Crippen LogP contribution in [-0.2, 0) is 6.54 Å². The Kier molecular flexibility index (Phi) is 7.56. The van der Waals surface area contributed by atoms with E-state index in [4.69, 9.17) is 0 Å². The fraction of sp³-hybridized carbons (Fsp3) is 0.286. The number of anilines is 3. The van der Waals surface area contributed by atoms with Gasteiger partial charge >= 0.3 is 0 Å². The fourth-order valence-corrected chi connectivity index (χ4v) is 7.03. The second-order valence-electron chi connectivity index (χ2n) is 12.0. The first-order valence-corrected chi connectivity index (χ1v) is 15.3. The minimum absolute atomic E-state index is 0.0111. The monoisotopic (exact) mass is 609 g/mol. The molecule has 230 valence electrons. The number of para-hydroxylation sites is 1. The summed E-state index contributed by atoms with van der Waals surface area (Å²) in [6.45, 7) is 4.25. The Morgan fingerprint density at radius 2 is 1.49 bits per heavy atom. The Hall–Kier alpha value is -4.99. The van der Waals surface area contributed by atoms with Gasteiger partial charge in [-0.15, -0.1) is 0 Å². The van der Waals surface area contributed by atoms with Crippen molar-refractivity contribution in [2.24, 2.45) is 5.92 Å². The van der Waals surface area contributed by atoms with E-state index in [0.29, 0.717) is 62.8 Å². The van der Waals surface area contributed by atoms with Crippen LogP contribution < -0.4 is 20.7 Å². The van der Waals surface area contributed by atoms with Gasteiger partial charge in [0.25, 0.3) is 17.4 Å². The molecule has 2 amide bonds. The lowest BCUT2D eigenvalue weighted by Crippen LogP contribution is -2.49. The normalized spacial score (nSPS) is 19.2. The number of carbonyl (C=O) groups is 2. The van der Waals surface area contributed by atoms with Crippen molar-refractivity contribution >= 4 is 28.9 Å². The number of carbonyl (C=O) groups excluding carboxylic acids is 2. The highest BCUT2D eigenvalue weighted by Crippen LogP contribution is 2.39. The predicted molar refractivity (Wildman–Crippen MR) is 169 cm³/mol. The molecule has 10 heteroatoms. The molecule has 45 heavy (non-hydrogen) atoms. The summed E-state index contributed by atoms with van der Waals surface area (Å²) in [7, 11) is 0. The Bertz CT molecular complexity index is 1800. The van der Waals surface area contributed by atoms with Crippen LogP contribution in [0.4, 0.5) is 25.8 Å². The van der Waals surface area contributed by atoms with Crippen LogP contribution in [0.3, 0.4) is 0 Å². The molecule has 0 aliphatic carbocycles. The largest absolute Gasteiger partial charge is 0.369 e. The number of hydrogen-bond donors (Lipinski definition) is 1. The molecule has 0 radical (unpaired) electrons. The van der Waals surface area contributed by atoms with Crippen molar-refractivity contribution < 1.29 is 18.4 Å². The number of halogens is 2. The molecule has 0 spiro atoms. The van der Waals surface area contributed by atoms with E-state index in [1.807, 2.05) is 28.8 Å². The van der Waals surface area contributed by atoms with Gasteiger partial charge < -0.3 is 24.6 Å². The summed E-state index contributed by atoms with van der Waals surface area (Å²) in [5.41, 5.74) is 2.74. The molecule has 0 saturated carbocycles. The van der Waals surface area contributed by atoms with Crippen LogP contribution in [0.1, 0.15) is 38.7 Å². The van der Waals surface area contributed by atoms with E-state index in [1.54, 1.807) is 35.2 Å². The van der Waals surface area contributed by atoms with Gasteiger partial charge in [-0.3, -0.25) is 14.4 Å². The van der Waals surface area contributed by atoms with E-state index >= 15 is 0 Å². The molecule has 3 aromatic carbocycles. The number of hydrogen-bond acceptors (Lipinski definition) is 5. The van der Waals surface area contributed by atoms with Crippen LogP contribution in [0.25, 0.3) is 0 Å². The molecule has 2 atom stereocenters. The molecule has 4 heterocycles. The lowest BCUT2D eigenvalue weighted by molar-refractivity contribution is 0.0746. The van der Waals surface area contributed by atoms with Gasteiger partial charge in [-0.1, -0.05) is 30.3 Å². The maximum Gasteiger partial charge on any atom is 0.261 e. The number of pyridine rings is 1. The maximum atomic E-state index is 14.6. The number of aromatic nitrogens is 1. The quantitative estimate of drug-likeness (QED) is 0.346. The van der Waals surface area contributed by atoms with Gasteiger partial charge in [0.1, 0.15) is 17.2 Å². The Morgan fingerprint density at radius 1 is 0.756 bits per heavy atom. The van der Waals surface area contributed by atoms with Crippen LogP contribution in [0.15, 0.2) is 89.7 Å². The SMILES string of the molecule is O=C(Nc1cc(C(=O)N2CCN(c3ccccc3)CC2)ccc1N1C[C@H]2C[C@@H](C1)c1cccc(=O)n1C2)c1c(F)cccc1F. The average Bonchev–Trinajstić information content (AvgIpc) is 3.05. The predicted octanol–water partition coefficient (Wildman–Crippen LogP) is 4.96. The number of amides is 2. The summed E-state index contributed by atoms with van der Waals surface area (Å²) in [6, 6.07) is 23.9. The summed E-state index contributed by atoms with van der Waals surface area (Å²) in [5.74, 6) is -2.74. The topological polar surface area (TPSA) is 77.9 Å². The van der Waals surface area contributed by atoms with Crippen LogP contribution in [0.2, 0.25) is 0 Å². The first kappa shape index (κ1) is 28.8.